The fraction of sp³-hybridized carbons (Fsp3) is 0.600. The van der Waals surface area contributed by atoms with Crippen LogP contribution in [0.2, 0.25) is 5.02 Å². The van der Waals surface area contributed by atoms with Crippen LogP contribution >= 0.6 is 11.6 Å². The number of rotatable bonds is 1. The summed E-state index contributed by atoms with van der Waals surface area (Å²) in [6, 6.07) is 5.70. The largest absolute Gasteiger partial charge is 0.444 e. The van der Waals surface area contributed by atoms with Crippen molar-refractivity contribution in [1.29, 1.82) is 0 Å². The molecule has 0 aliphatic carbocycles. The number of carbonyl (C=O) groups excluding carboxylic acids is 1. The summed E-state index contributed by atoms with van der Waals surface area (Å²) in [6.07, 6.45) is 0.160. The lowest BCUT2D eigenvalue weighted by molar-refractivity contribution is 0.0195. The smallest absolute Gasteiger partial charge is 0.410 e. The van der Waals surface area contributed by atoms with Crippen LogP contribution in [0, 0.1) is 0 Å². The number of likely N-dealkylation sites (tertiary alicyclic amines) is 1. The van der Waals surface area contributed by atoms with Gasteiger partial charge in [-0.05, 0) is 51.8 Å². The number of piperidine rings is 1. The summed E-state index contributed by atoms with van der Waals surface area (Å²) >= 11 is 6.25. The standard InChI is InChI=1S/C20H29ClN4O3/c1-20(2,3)28-19(27)24-10-8-14(9-11-24)25-16-12-13(21)6-7-15(16)17(23(4)5)22-18(25)26/h6-7,12,14,18,26H,8-11H2,1-5H3. The van der Waals surface area contributed by atoms with Gasteiger partial charge in [-0.15, -0.1) is 0 Å². The Morgan fingerprint density at radius 3 is 2.50 bits per heavy atom. The second-order valence-corrected chi connectivity index (χ2v) is 8.90. The van der Waals surface area contributed by atoms with Crippen LogP contribution in [-0.2, 0) is 4.74 Å². The molecule has 1 amide bonds. The molecule has 7 nitrogen and oxygen atoms in total. The van der Waals surface area contributed by atoms with Gasteiger partial charge in [-0.3, -0.25) is 0 Å². The molecule has 0 saturated carbocycles. The van der Waals surface area contributed by atoms with Crippen molar-refractivity contribution >= 4 is 29.2 Å². The molecule has 1 N–H and O–H groups in total. The first-order valence-electron chi connectivity index (χ1n) is 9.56. The van der Waals surface area contributed by atoms with E-state index >= 15 is 0 Å². The maximum Gasteiger partial charge on any atom is 0.410 e. The minimum absolute atomic E-state index is 0.0540. The number of aliphatic imine (C=N–C) groups is 1. The number of amidine groups is 1. The molecule has 0 radical (unpaired) electrons. The lowest BCUT2D eigenvalue weighted by atomic mass is 10.00. The number of aliphatic hydroxyl groups excluding tert-OH is 1. The number of benzene rings is 1. The number of aliphatic hydroxyl groups is 1. The number of fused-ring (bicyclic) bond motifs is 1. The molecule has 2 aliphatic rings. The number of hydrogen-bond acceptors (Lipinski definition) is 6. The first-order chi connectivity index (χ1) is 13.1. The molecular formula is C20H29ClN4O3. The van der Waals surface area contributed by atoms with Crippen LogP contribution in [-0.4, -0.2) is 72.0 Å². The Balaban J connectivity index is 1.78. The van der Waals surface area contributed by atoms with Gasteiger partial charge in [0.2, 0.25) is 6.35 Å². The Bertz CT molecular complexity index is 767. The predicted octanol–water partition coefficient (Wildman–Crippen LogP) is 3.14. The van der Waals surface area contributed by atoms with E-state index in [0.29, 0.717) is 18.1 Å². The van der Waals surface area contributed by atoms with Crippen molar-refractivity contribution in [3.8, 4) is 0 Å². The Morgan fingerprint density at radius 1 is 1.29 bits per heavy atom. The quantitative estimate of drug-likeness (QED) is 0.773. The van der Waals surface area contributed by atoms with Crippen LogP contribution < -0.4 is 4.90 Å². The lowest BCUT2D eigenvalue weighted by Crippen LogP contribution is -2.53. The van der Waals surface area contributed by atoms with Crippen molar-refractivity contribution in [3.05, 3.63) is 28.8 Å². The molecule has 8 heteroatoms. The summed E-state index contributed by atoms with van der Waals surface area (Å²) in [5.41, 5.74) is 1.30. The van der Waals surface area contributed by atoms with Gasteiger partial charge in [0.05, 0.1) is 5.69 Å². The summed E-state index contributed by atoms with van der Waals surface area (Å²) in [7, 11) is 3.80. The van der Waals surface area contributed by atoms with Gasteiger partial charge < -0.3 is 24.5 Å². The van der Waals surface area contributed by atoms with Gasteiger partial charge in [0.1, 0.15) is 11.4 Å². The molecule has 28 heavy (non-hydrogen) atoms. The normalized spacial score (nSPS) is 20.5. The van der Waals surface area contributed by atoms with Gasteiger partial charge in [-0.1, -0.05) is 11.6 Å². The number of carbonyl (C=O) groups is 1. The lowest BCUT2D eigenvalue weighted by Gasteiger charge is -2.44. The van der Waals surface area contributed by atoms with E-state index in [1.54, 1.807) is 4.90 Å². The van der Waals surface area contributed by atoms with Crippen LogP contribution in [0.4, 0.5) is 10.5 Å². The Labute approximate surface area is 171 Å². The fourth-order valence-electron chi connectivity index (χ4n) is 3.67. The van der Waals surface area contributed by atoms with Crippen molar-refractivity contribution in [2.75, 3.05) is 32.1 Å². The molecule has 1 atom stereocenters. The molecule has 1 aromatic carbocycles. The number of amides is 1. The summed E-state index contributed by atoms with van der Waals surface area (Å²) in [5, 5.41) is 11.4. The molecule has 2 heterocycles. The van der Waals surface area contributed by atoms with Crippen LogP contribution in [0.5, 0.6) is 0 Å². The minimum Gasteiger partial charge on any atom is -0.444 e. The SMILES string of the molecule is CN(C)C1=NC(O)N(C2CCN(C(=O)OC(C)(C)C)CC2)c2cc(Cl)ccc21. The zero-order valence-electron chi connectivity index (χ0n) is 17.1. The third kappa shape index (κ3) is 4.36. The summed E-state index contributed by atoms with van der Waals surface area (Å²) in [4.78, 5) is 22.3. The van der Waals surface area contributed by atoms with Crippen molar-refractivity contribution in [1.82, 2.24) is 9.80 Å². The monoisotopic (exact) mass is 408 g/mol. The van der Waals surface area contributed by atoms with Gasteiger partial charge in [0, 0.05) is 43.8 Å². The highest BCUT2D eigenvalue weighted by molar-refractivity contribution is 6.31. The number of ether oxygens (including phenoxy) is 1. The summed E-state index contributed by atoms with van der Waals surface area (Å²) < 4.78 is 5.47. The van der Waals surface area contributed by atoms with Gasteiger partial charge in [0.25, 0.3) is 0 Å². The molecule has 1 fully saturated rings. The predicted molar refractivity (Wildman–Crippen MR) is 111 cm³/mol. The molecule has 154 valence electrons. The molecule has 1 unspecified atom stereocenters. The van der Waals surface area contributed by atoms with E-state index in [4.69, 9.17) is 16.3 Å². The molecule has 0 aromatic heterocycles. The highest BCUT2D eigenvalue weighted by atomic mass is 35.5. The maximum absolute atomic E-state index is 12.3. The summed E-state index contributed by atoms with van der Waals surface area (Å²) in [5.74, 6) is 0.724. The van der Waals surface area contributed by atoms with E-state index in [1.165, 1.54) is 0 Å². The second-order valence-electron chi connectivity index (χ2n) is 8.46. The average Bonchev–Trinajstić information content (AvgIpc) is 2.59. The van der Waals surface area contributed by atoms with Gasteiger partial charge in [-0.2, -0.15) is 0 Å². The third-order valence-electron chi connectivity index (χ3n) is 4.90. The van der Waals surface area contributed by atoms with E-state index in [0.717, 1.165) is 29.9 Å². The first kappa shape index (κ1) is 20.7. The zero-order chi connectivity index (χ0) is 20.6. The molecule has 3 rings (SSSR count). The van der Waals surface area contributed by atoms with Crippen molar-refractivity contribution in [3.63, 3.8) is 0 Å². The van der Waals surface area contributed by atoms with Crippen LogP contribution in [0.15, 0.2) is 23.2 Å². The fourth-order valence-corrected chi connectivity index (χ4v) is 3.83. The Kier molecular flexibility index (Phi) is 5.77. The highest BCUT2D eigenvalue weighted by Gasteiger charge is 2.36. The number of hydrogen-bond donors (Lipinski definition) is 1. The average molecular weight is 409 g/mol. The van der Waals surface area contributed by atoms with Crippen molar-refractivity contribution in [2.45, 2.75) is 51.6 Å². The topological polar surface area (TPSA) is 68.6 Å². The molecular weight excluding hydrogens is 380 g/mol. The highest BCUT2D eigenvalue weighted by Crippen LogP contribution is 2.35. The molecule has 2 aliphatic heterocycles. The van der Waals surface area contributed by atoms with E-state index in [-0.39, 0.29) is 12.1 Å². The van der Waals surface area contributed by atoms with Crippen LogP contribution in [0.3, 0.4) is 0 Å². The second kappa shape index (κ2) is 7.79. The van der Waals surface area contributed by atoms with E-state index in [2.05, 4.69) is 4.99 Å². The zero-order valence-corrected chi connectivity index (χ0v) is 17.9. The first-order valence-corrected chi connectivity index (χ1v) is 9.94. The number of anilines is 1. The number of nitrogens with zero attached hydrogens (tertiary/aromatic N) is 4. The summed E-state index contributed by atoms with van der Waals surface area (Å²) in [6.45, 7) is 6.74. The van der Waals surface area contributed by atoms with Gasteiger partial charge >= 0.3 is 6.09 Å². The van der Waals surface area contributed by atoms with E-state index < -0.39 is 12.0 Å². The third-order valence-corrected chi connectivity index (χ3v) is 5.13. The Morgan fingerprint density at radius 2 is 1.93 bits per heavy atom. The molecule has 1 aromatic rings. The van der Waals surface area contributed by atoms with Gasteiger partial charge in [-0.25, -0.2) is 9.79 Å². The molecule has 1 saturated heterocycles. The molecule has 0 spiro atoms. The Hall–Kier alpha value is -1.99. The maximum atomic E-state index is 12.3. The van der Waals surface area contributed by atoms with E-state index in [1.807, 2.05) is 62.9 Å². The minimum atomic E-state index is -0.985. The van der Waals surface area contributed by atoms with Crippen LogP contribution in [0.25, 0.3) is 0 Å². The molecule has 0 bridgehead atoms. The van der Waals surface area contributed by atoms with Crippen molar-refractivity contribution < 1.29 is 14.6 Å². The number of halogens is 1. The van der Waals surface area contributed by atoms with Crippen LogP contribution in [0.1, 0.15) is 39.2 Å². The van der Waals surface area contributed by atoms with Crippen molar-refractivity contribution in [2.24, 2.45) is 4.99 Å². The van der Waals surface area contributed by atoms with Gasteiger partial charge in [0.15, 0.2) is 0 Å². The van der Waals surface area contributed by atoms with E-state index in [9.17, 15) is 9.90 Å².